The van der Waals surface area contributed by atoms with Crippen LogP contribution in [0.1, 0.15) is 40.4 Å². The first kappa shape index (κ1) is 22.1. The van der Waals surface area contributed by atoms with Gasteiger partial charge in [-0.15, -0.1) is 11.3 Å². The van der Waals surface area contributed by atoms with E-state index < -0.39 is 12.1 Å². The molecule has 0 saturated carbocycles. The summed E-state index contributed by atoms with van der Waals surface area (Å²) in [6.45, 7) is 1.25. The molecule has 34 heavy (non-hydrogen) atoms. The van der Waals surface area contributed by atoms with Gasteiger partial charge in [-0.25, -0.2) is 9.78 Å². The van der Waals surface area contributed by atoms with Crippen molar-refractivity contribution < 1.29 is 24.2 Å². The summed E-state index contributed by atoms with van der Waals surface area (Å²) in [5, 5.41) is 13.3. The Balaban J connectivity index is 1.15. The first-order valence-electron chi connectivity index (χ1n) is 11.1. The lowest BCUT2D eigenvalue weighted by molar-refractivity contribution is -0.137. The van der Waals surface area contributed by atoms with Gasteiger partial charge >= 0.3 is 12.1 Å². The number of aliphatic carboxylic acids is 1. The Morgan fingerprint density at radius 3 is 2.35 bits per heavy atom. The maximum absolute atomic E-state index is 12.6. The van der Waals surface area contributed by atoms with Gasteiger partial charge in [0.2, 0.25) is 0 Å². The summed E-state index contributed by atoms with van der Waals surface area (Å²) in [4.78, 5) is 41.5. The monoisotopic (exact) mass is 477 g/mol. The van der Waals surface area contributed by atoms with Crippen LogP contribution in [0.15, 0.2) is 53.9 Å². The third-order valence-electron chi connectivity index (χ3n) is 6.29. The van der Waals surface area contributed by atoms with Gasteiger partial charge < -0.3 is 14.7 Å². The van der Waals surface area contributed by atoms with Crippen LogP contribution in [-0.2, 0) is 9.53 Å². The van der Waals surface area contributed by atoms with Crippen LogP contribution in [0, 0.1) is 5.92 Å². The number of aromatic nitrogens is 1. The first-order chi connectivity index (χ1) is 16.5. The average Bonchev–Trinajstić information content (AvgIpc) is 3.39. The van der Waals surface area contributed by atoms with E-state index >= 15 is 0 Å². The van der Waals surface area contributed by atoms with Gasteiger partial charge in [-0.05, 0) is 34.6 Å². The maximum atomic E-state index is 12.6. The number of benzene rings is 2. The summed E-state index contributed by atoms with van der Waals surface area (Å²) < 4.78 is 5.53. The van der Waals surface area contributed by atoms with E-state index in [4.69, 9.17) is 9.84 Å². The molecule has 1 aromatic heterocycles. The number of thiazole rings is 1. The fraction of sp³-hybridized carbons (Fsp3) is 0.280. The fourth-order valence-corrected chi connectivity index (χ4v) is 5.23. The minimum Gasteiger partial charge on any atom is -0.481 e. The molecule has 2 aliphatic rings. The molecule has 2 heterocycles. The number of carboxylic acids is 1. The predicted octanol–water partition coefficient (Wildman–Crippen LogP) is 4.44. The number of carboxylic acid groups (broad SMARTS) is 1. The topological polar surface area (TPSA) is 109 Å². The highest BCUT2D eigenvalue weighted by molar-refractivity contribution is 7.14. The van der Waals surface area contributed by atoms with Crippen molar-refractivity contribution in [2.45, 2.75) is 18.8 Å². The van der Waals surface area contributed by atoms with Gasteiger partial charge in [0.15, 0.2) is 5.13 Å². The summed E-state index contributed by atoms with van der Waals surface area (Å²) in [7, 11) is 0. The van der Waals surface area contributed by atoms with Crippen molar-refractivity contribution in [3.8, 4) is 11.1 Å². The standard InChI is InChI=1S/C25H23N3O5S/c29-22(30)10-9-15-11-28(12-15)23(31)21-14-34-24(26-21)27-25(32)33-13-20-18-7-3-1-5-16(18)17-6-2-4-8-19(17)20/h1-8,14-15,20H,9-13H2,(H,29,30)(H,26,27,32). The summed E-state index contributed by atoms with van der Waals surface area (Å²) in [5.41, 5.74) is 4.85. The van der Waals surface area contributed by atoms with Crippen molar-refractivity contribution in [3.63, 3.8) is 0 Å². The van der Waals surface area contributed by atoms with E-state index in [1.807, 2.05) is 24.3 Å². The van der Waals surface area contributed by atoms with Crippen LogP contribution in [0.2, 0.25) is 0 Å². The first-order valence-corrected chi connectivity index (χ1v) is 12.0. The maximum Gasteiger partial charge on any atom is 0.413 e. The number of ether oxygens (including phenoxy) is 1. The molecule has 0 atom stereocenters. The number of amides is 2. The molecule has 2 aromatic carbocycles. The zero-order chi connectivity index (χ0) is 23.7. The summed E-state index contributed by atoms with van der Waals surface area (Å²) in [5.74, 6) is -0.874. The van der Waals surface area contributed by atoms with Gasteiger partial charge in [-0.2, -0.15) is 0 Å². The number of carbonyl (C=O) groups excluding carboxylic acids is 2. The molecule has 1 aliphatic heterocycles. The number of fused-ring (bicyclic) bond motifs is 3. The summed E-state index contributed by atoms with van der Waals surface area (Å²) in [6.07, 6.45) is 0.0513. The minimum absolute atomic E-state index is 0.0351. The second-order valence-electron chi connectivity index (χ2n) is 8.50. The second kappa shape index (κ2) is 9.26. The quantitative estimate of drug-likeness (QED) is 0.521. The van der Waals surface area contributed by atoms with Gasteiger partial charge in [0.05, 0.1) is 0 Å². The molecule has 0 unspecified atom stereocenters. The van der Waals surface area contributed by atoms with Crippen LogP contribution in [-0.4, -0.2) is 52.7 Å². The van der Waals surface area contributed by atoms with Crippen LogP contribution >= 0.6 is 11.3 Å². The molecular weight excluding hydrogens is 454 g/mol. The number of rotatable bonds is 7. The van der Waals surface area contributed by atoms with Gasteiger partial charge in [0, 0.05) is 30.8 Å². The van der Waals surface area contributed by atoms with E-state index in [0.29, 0.717) is 24.6 Å². The summed E-state index contributed by atoms with van der Waals surface area (Å²) >= 11 is 1.16. The smallest absolute Gasteiger partial charge is 0.413 e. The Morgan fingerprint density at radius 2 is 1.71 bits per heavy atom. The molecule has 1 aliphatic carbocycles. The number of likely N-dealkylation sites (tertiary alicyclic amines) is 1. The average molecular weight is 478 g/mol. The molecule has 5 rings (SSSR count). The van der Waals surface area contributed by atoms with Gasteiger partial charge in [0.1, 0.15) is 12.3 Å². The molecule has 1 saturated heterocycles. The molecule has 174 valence electrons. The van der Waals surface area contributed by atoms with Gasteiger partial charge in [0.25, 0.3) is 5.91 Å². The van der Waals surface area contributed by atoms with Crippen LogP contribution in [0.5, 0.6) is 0 Å². The Bertz CT molecular complexity index is 1210. The van der Waals surface area contributed by atoms with E-state index in [-0.39, 0.29) is 36.5 Å². The molecule has 3 aromatic rings. The molecule has 9 heteroatoms. The summed E-state index contributed by atoms with van der Waals surface area (Å²) in [6, 6.07) is 16.2. The van der Waals surface area contributed by atoms with Crippen molar-refractivity contribution in [1.29, 1.82) is 0 Å². The van der Waals surface area contributed by atoms with Crippen molar-refractivity contribution in [2.75, 3.05) is 25.0 Å². The highest BCUT2D eigenvalue weighted by Gasteiger charge is 2.33. The van der Waals surface area contributed by atoms with Gasteiger partial charge in [-0.1, -0.05) is 48.5 Å². The Kier molecular flexibility index (Phi) is 6.02. The number of hydrogen-bond donors (Lipinski definition) is 2. The van der Waals surface area contributed by atoms with Crippen LogP contribution in [0.25, 0.3) is 11.1 Å². The third kappa shape index (κ3) is 4.38. The highest BCUT2D eigenvalue weighted by atomic mass is 32.1. The third-order valence-corrected chi connectivity index (χ3v) is 7.04. The van der Waals surface area contributed by atoms with Crippen LogP contribution in [0.4, 0.5) is 9.93 Å². The Morgan fingerprint density at radius 1 is 1.06 bits per heavy atom. The lowest BCUT2D eigenvalue weighted by Gasteiger charge is -2.38. The molecule has 1 fully saturated rings. The van der Waals surface area contributed by atoms with E-state index in [1.165, 1.54) is 0 Å². The second-order valence-corrected chi connectivity index (χ2v) is 9.36. The molecule has 8 nitrogen and oxygen atoms in total. The Hall–Kier alpha value is -3.72. The zero-order valence-electron chi connectivity index (χ0n) is 18.3. The van der Waals surface area contributed by atoms with E-state index in [9.17, 15) is 14.4 Å². The number of anilines is 1. The number of carbonyl (C=O) groups is 3. The van der Waals surface area contributed by atoms with Crippen molar-refractivity contribution in [2.24, 2.45) is 5.92 Å². The number of nitrogens with zero attached hydrogens (tertiary/aromatic N) is 2. The number of nitrogens with one attached hydrogen (secondary N) is 1. The molecular formula is C25H23N3O5S. The van der Waals surface area contributed by atoms with E-state index in [0.717, 1.165) is 33.6 Å². The minimum atomic E-state index is -0.826. The predicted molar refractivity (Wildman–Crippen MR) is 127 cm³/mol. The highest BCUT2D eigenvalue weighted by Crippen LogP contribution is 2.44. The van der Waals surface area contributed by atoms with Crippen molar-refractivity contribution >= 4 is 34.4 Å². The lowest BCUT2D eigenvalue weighted by Crippen LogP contribution is -2.50. The van der Waals surface area contributed by atoms with Gasteiger partial charge in [-0.3, -0.25) is 14.9 Å². The van der Waals surface area contributed by atoms with E-state index in [1.54, 1.807) is 10.3 Å². The normalized spacial score (nSPS) is 14.8. The number of hydrogen-bond acceptors (Lipinski definition) is 6. The lowest BCUT2D eigenvalue weighted by atomic mass is 9.94. The van der Waals surface area contributed by atoms with Crippen LogP contribution in [0.3, 0.4) is 0 Å². The largest absolute Gasteiger partial charge is 0.481 e. The van der Waals surface area contributed by atoms with Crippen molar-refractivity contribution in [1.82, 2.24) is 9.88 Å². The van der Waals surface area contributed by atoms with Crippen LogP contribution < -0.4 is 5.32 Å². The molecule has 0 spiro atoms. The van der Waals surface area contributed by atoms with Crippen molar-refractivity contribution in [3.05, 3.63) is 70.7 Å². The van der Waals surface area contributed by atoms with E-state index in [2.05, 4.69) is 34.6 Å². The SMILES string of the molecule is O=C(O)CCC1CN(C(=O)c2csc(NC(=O)OCC3c4ccccc4-c4ccccc43)n2)C1. The fourth-order valence-electron chi connectivity index (χ4n) is 4.56. The zero-order valence-corrected chi connectivity index (χ0v) is 19.1. The molecule has 2 amide bonds. The molecule has 0 bridgehead atoms. The Labute approximate surface area is 200 Å². The molecule has 2 N–H and O–H groups in total. The molecule has 0 radical (unpaired) electrons.